The summed E-state index contributed by atoms with van der Waals surface area (Å²) in [7, 11) is 0. The summed E-state index contributed by atoms with van der Waals surface area (Å²) in [5.74, 6) is 1.83. The number of hydrogen-bond donors (Lipinski definition) is 0. The lowest BCUT2D eigenvalue weighted by molar-refractivity contribution is 0.953. The first kappa shape index (κ1) is 31.1. The number of aromatic nitrogens is 4. The number of rotatable bonds is 5. The molecule has 0 unspecified atom stereocenters. The maximum absolute atomic E-state index is 5.28. The predicted octanol–water partition coefficient (Wildman–Crippen LogP) is 13.1. The van der Waals surface area contributed by atoms with Crippen LogP contribution in [0.3, 0.4) is 0 Å². The molecule has 256 valence electrons. The van der Waals surface area contributed by atoms with Gasteiger partial charge in [-0.3, -0.25) is 4.57 Å². The standard InChI is InChI=1S/C51H32N4/c1-3-13-33(14-4-1)37-18-11-19-38(31-37)39-20-12-21-40(32-39)50-52-49(36-16-5-2-6-17-36)53-51(54-50)55-45-24-10-9-23-44(45)48-43-28-27-35-26-25-34-15-7-8-22-41(34)47(35)42(43)29-30-46(48)55/h1-32H. The van der Waals surface area contributed by atoms with Crippen LogP contribution in [0.2, 0.25) is 0 Å². The zero-order valence-electron chi connectivity index (χ0n) is 29.8. The van der Waals surface area contributed by atoms with Gasteiger partial charge >= 0.3 is 0 Å². The minimum absolute atomic E-state index is 0.581. The van der Waals surface area contributed by atoms with E-state index in [1.807, 2.05) is 18.2 Å². The normalized spacial score (nSPS) is 11.6. The maximum Gasteiger partial charge on any atom is 0.238 e. The topological polar surface area (TPSA) is 43.6 Å². The summed E-state index contributed by atoms with van der Waals surface area (Å²) in [6.07, 6.45) is 0. The van der Waals surface area contributed by atoms with Crippen molar-refractivity contribution in [2.75, 3.05) is 0 Å². The van der Waals surface area contributed by atoms with E-state index in [-0.39, 0.29) is 0 Å². The van der Waals surface area contributed by atoms with Crippen molar-refractivity contribution < 1.29 is 0 Å². The molecule has 9 aromatic carbocycles. The Balaban J connectivity index is 1.14. The average molecular weight is 701 g/mol. The second kappa shape index (κ2) is 12.6. The molecule has 4 nitrogen and oxygen atoms in total. The number of nitrogens with zero attached hydrogens (tertiary/aromatic N) is 4. The molecule has 0 spiro atoms. The second-order valence-corrected chi connectivity index (χ2v) is 14.0. The molecule has 0 saturated carbocycles. The SMILES string of the molecule is c1ccc(-c2cccc(-c3cccc(-c4nc(-c5ccccc5)nc(-n5c6ccccc6c6c7ccc8ccc9ccccc9c8c7ccc65)n4)c3)c2)cc1. The minimum atomic E-state index is 0.581. The molecule has 0 fully saturated rings. The van der Waals surface area contributed by atoms with Gasteiger partial charge in [-0.1, -0.05) is 170 Å². The van der Waals surface area contributed by atoms with Crippen molar-refractivity contribution in [3.05, 3.63) is 194 Å². The fourth-order valence-electron chi connectivity index (χ4n) is 8.25. The van der Waals surface area contributed by atoms with Gasteiger partial charge in [0.1, 0.15) is 0 Å². The summed E-state index contributed by atoms with van der Waals surface area (Å²) in [4.78, 5) is 15.6. The smallest absolute Gasteiger partial charge is 0.238 e. The molecule has 55 heavy (non-hydrogen) atoms. The van der Waals surface area contributed by atoms with Crippen molar-refractivity contribution in [3.63, 3.8) is 0 Å². The lowest BCUT2D eigenvalue weighted by Crippen LogP contribution is -2.06. The highest BCUT2D eigenvalue weighted by Gasteiger charge is 2.20. The van der Waals surface area contributed by atoms with Gasteiger partial charge in [0.2, 0.25) is 5.95 Å². The molecule has 0 N–H and O–H groups in total. The molecule has 0 saturated heterocycles. The van der Waals surface area contributed by atoms with E-state index in [4.69, 9.17) is 15.0 Å². The van der Waals surface area contributed by atoms with Gasteiger partial charge in [0, 0.05) is 21.9 Å². The van der Waals surface area contributed by atoms with E-state index in [2.05, 4.69) is 180 Å². The average Bonchev–Trinajstić information content (AvgIpc) is 3.61. The van der Waals surface area contributed by atoms with Crippen molar-refractivity contribution in [3.8, 4) is 51.0 Å². The zero-order chi connectivity index (χ0) is 36.3. The Bertz CT molecular complexity index is 3260. The van der Waals surface area contributed by atoms with Gasteiger partial charge in [-0.2, -0.15) is 9.97 Å². The van der Waals surface area contributed by atoms with Crippen LogP contribution in [-0.4, -0.2) is 19.5 Å². The van der Waals surface area contributed by atoms with Gasteiger partial charge in [-0.05, 0) is 78.8 Å². The third-order valence-corrected chi connectivity index (χ3v) is 10.8. The lowest BCUT2D eigenvalue weighted by Gasteiger charge is -2.12. The van der Waals surface area contributed by atoms with Crippen molar-refractivity contribution in [2.24, 2.45) is 0 Å². The Labute approximate surface area is 317 Å². The lowest BCUT2D eigenvalue weighted by atomic mass is 9.94. The summed E-state index contributed by atoms with van der Waals surface area (Å²) in [6.45, 7) is 0. The maximum atomic E-state index is 5.28. The number of fused-ring (bicyclic) bond motifs is 9. The fourth-order valence-corrected chi connectivity index (χ4v) is 8.25. The van der Waals surface area contributed by atoms with Crippen LogP contribution in [0.15, 0.2) is 194 Å². The molecule has 11 rings (SSSR count). The molecule has 2 heterocycles. The molecule has 0 atom stereocenters. The van der Waals surface area contributed by atoms with Crippen LogP contribution in [0.4, 0.5) is 0 Å². The largest absolute Gasteiger partial charge is 0.278 e. The Hall–Kier alpha value is -7.43. The summed E-state index contributed by atoms with van der Waals surface area (Å²) in [5, 5.41) is 9.80. The predicted molar refractivity (Wildman–Crippen MR) is 228 cm³/mol. The van der Waals surface area contributed by atoms with Crippen molar-refractivity contribution in [2.45, 2.75) is 0 Å². The highest BCUT2D eigenvalue weighted by Crippen LogP contribution is 2.41. The van der Waals surface area contributed by atoms with Crippen molar-refractivity contribution >= 4 is 54.1 Å². The molecule has 0 aliphatic carbocycles. The summed E-state index contributed by atoms with van der Waals surface area (Å²) in [5.41, 5.74) is 8.56. The van der Waals surface area contributed by atoms with Crippen LogP contribution in [0.5, 0.6) is 0 Å². The van der Waals surface area contributed by atoms with Gasteiger partial charge in [-0.15, -0.1) is 0 Å². The molecule has 0 amide bonds. The fraction of sp³-hybridized carbons (Fsp3) is 0. The first-order valence-corrected chi connectivity index (χ1v) is 18.6. The van der Waals surface area contributed by atoms with Crippen LogP contribution in [0.1, 0.15) is 0 Å². The Morgan fingerprint density at radius 2 is 0.818 bits per heavy atom. The van der Waals surface area contributed by atoms with Crippen molar-refractivity contribution in [1.82, 2.24) is 19.5 Å². The Kier molecular flexibility index (Phi) is 7.14. The van der Waals surface area contributed by atoms with E-state index < -0.39 is 0 Å². The minimum Gasteiger partial charge on any atom is -0.278 e. The Morgan fingerprint density at radius 1 is 0.291 bits per heavy atom. The van der Waals surface area contributed by atoms with Gasteiger partial charge in [0.15, 0.2) is 11.6 Å². The number of hydrogen-bond acceptors (Lipinski definition) is 3. The van der Waals surface area contributed by atoms with Crippen LogP contribution >= 0.6 is 0 Å². The van der Waals surface area contributed by atoms with Gasteiger partial charge in [0.05, 0.1) is 11.0 Å². The first-order chi connectivity index (χ1) is 27.3. The molecule has 0 radical (unpaired) electrons. The number of para-hydroxylation sites is 1. The molecule has 0 aliphatic rings. The van der Waals surface area contributed by atoms with E-state index in [1.54, 1.807) is 0 Å². The molecular weight excluding hydrogens is 669 g/mol. The first-order valence-electron chi connectivity index (χ1n) is 18.6. The van der Waals surface area contributed by atoms with Gasteiger partial charge in [0.25, 0.3) is 0 Å². The summed E-state index contributed by atoms with van der Waals surface area (Å²) < 4.78 is 2.21. The Morgan fingerprint density at radius 3 is 1.60 bits per heavy atom. The summed E-state index contributed by atoms with van der Waals surface area (Å²) >= 11 is 0. The quantitative estimate of drug-likeness (QED) is 0.168. The van der Waals surface area contributed by atoms with Crippen LogP contribution in [-0.2, 0) is 0 Å². The van der Waals surface area contributed by atoms with Crippen LogP contribution < -0.4 is 0 Å². The molecule has 0 bridgehead atoms. The highest BCUT2D eigenvalue weighted by molar-refractivity contribution is 6.29. The molecule has 2 aromatic heterocycles. The third-order valence-electron chi connectivity index (χ3n) is 10.8. The van der Waals surface area contributed by atoms with Crippen LogP contribution in [0, 0.1) is 0 Å². The molecule has 4 heteroatoms. The van der Waals surface area contributed by atoms with E-state index in [1.165, 1.54) is 48.8 Å². The van der Waals surface area contributed by atoms with E-state index in [0.29, 0.717) is 17.6 Å². The third kappa shape index (κ3) is 5.19. The summed E-state index contributed by atoms with van der Waals surface area (Å²) in [6, 6.07) is 68.7. The molecular formula is C51H32N4. The van der Waals surface area contributed by atoms with Gasteiger partial charge < -0.3 is 0 Å². The zero-order valence-corrected chi connectivity index (χ0v) is 29.8. The van der Waals surface area contributed by atoms with Crippen molar-refractivity contribution in [1.29, 1.82) is 0 Å². The second-order valence-electron chi connectivity index (χ2n) is 14.0. The molecule has 0 aliphatic heterocycles. The number of benzene rings is 9. The van der Waals surface area contributed by atoms with E-state index in [0.717, 1.165) is 38.7 Å². The van der Waals surface area contributed by atoms with E-state index >= 15 is 0 Å². The van der Waals surface area contributed by atoms with E-state index in [9.17, 15) is 0 Å². The van der Waals surface area contributed by atoms with Crippen LogP contribution in [0.25, 0.3) is 105 Å². The molecule has 11 aromatic rings. The highest BCUT2D eigenvalue weighted by atomic mass is 15.2. The van der Waals surface area contributed by atoms with Gasteiger partial charge in [-0.25, -0.2) is 4.98 Å². The monoisotopic (exact) mass is 700 g/mol.